The molecule has 0 atom stereocenters. The molecule has 0 bridgehead atoms. The standard InChI is InChI=1S/C18H25FN4O/c1-17(2,3)14-11-15(23(22-14)18(4,5)6)21-16(24)20-13-9-7-8-12(19)10-13/h7-11H,1-6H3,(H2,20,21,24). The molecule has 24 heavy (non-hydrogen) atoms. The lowest BCUT2D eigenvalue weighted by molar-refractivity contribution is 0.261. The molecule has 0 aliphatic carbocycles. The van der Waals surface area contributed by atoms with Crippen LogP contribution in [0, 0.1) is 5.82 Å². The molecular formula is C18H25FN4O. The Labute approximate surface area is 142 Å². The van der Waals surface area contributed by atoms with Crippen LogP contribution in [0.15, 0.2) is 30.3 Å². The van der Waals surface area contributed by atoms with Crippen molar-refractivity contribution in [1.82, 2.24) is 9.78 Å². The van der Waals surface area contributed by atoms with Crippen molar-refractivity contribution >= 4 is 17.5 Å². The number of nitrogens with zero attached hydrogens (tertiary/aromatic N) is 2. The van der Waals surface area contributed by atoms with Crippen LogP contribution in [-0.2, 0) is 11.0 Å². The van der Waals surface area contributed by atoms with Crippen LogP contribution in [0.1, 0.15) is 47.2 Å². The molecule has 0 unspecified atom stereocenters. The maximum absolute atomic E-state index is 13.2. The van der Waals surface area contributed by atoms with Crippen LogP contribution in [0.4, 0.5) is 20.7 Å². The molecule has 0 saturated carbocycles. The number of hydrogen-bond acceptors (Lipinski definition) is 2. The molecule has 0 aliphatic rings. The molecule has 1 heterocycles. The molecule has 0 spiro atoms. The van der Waals surface area contributed by atoms with Gasteiger partial charge in [-0.3, -0.25) is 5.32 Å². The van der Waals surface area contributed by atoms with Gasteiger partial charge in [0.15, 0.2) is 0 Å². The Balaban J connectivity index is 2.24. The summed E-state index contributed by atoms with van der Waals surface area (Å²) in [5.74, 6) is 0.198. The monoisotopic (exact) mass is 332 g/mol. The topological polar surface area (TPSA) is 59.0 Å². The lowest BCUT2D eigenvalue weighted by atomic mass is 9.92. The molecule has 1 aromatic carbocycles. The zero-order valence-corrected chi connectivity index (χ0v) is 15.1. The molecule has 0 radical (unpaired) electrons. The number of urea groups is 1. The van der Waals surface area contributed by atoms with Gasteiger partial charge in [0.25, 0.3) is 0 Å². The molecule has 0 saturated heterocycles. The van der Waals surface area contributed by atoms with E-state index in [1.807, 2.05) is 26.8 Å². The number of aromatic nitrogens is 2. The van der Waals surface area contributed by atoms with Crippen molar-refractivity contribution in [3.8, 4) is 0 Å². The maximum atomic E-state index is 13.2. The van der Waals surface area contributed by atoms with Crippen LogP contribution >= 0.6 is 0 Å². The van der Waals surface area contributed by atoms with Gasteiger partial charge in [0.2, 0.25) is 0 Å². The Morgan fingerprint density at radius 3 is 2.29 bits per heavy atom. The molecule has 2 amide bonds. The molecule has 0 aliphatic heterocycles. The van der Waals surface area contributed by atoms with Gasteiger partial charge in [0.1, 0.15) is 11.6 Å². The van der Waals surface area contributed by atoms with E-state index in [1.54, 1.807) is 16.8 Å². The molecule has 2 rings (SSSR count). The second kappa shape index (κ2) is 6.26. The predicted molar refractivity (Wildman–Crippen MR) is 95.0 cm³/mol. The van der Waals surface area contributed by atoms with Crippen LogP contribution in [0.3, 0.4) is 0 Å². The van der Waals surface area contributed by atoms with Crippen LogP contribution < -0.4 is 10.6 Å². The summed E-state index contributed by atoms with van der Waals surface area (Å²) in [5.41, 5.74) is 0.862. The van der Waals surface area contributed by atoms with Crippen LogP contribution in [-0.4, -0.2) is 15.8 Å². The van der Waals surface area contributed by atoms with Crippen molar-refractivity contribution in [1.29, 1.82) is 0 Å². The summed E-state index contributed by atoms with van der Waals surface area (Å²) in [5, 5.41) is 10.1. The Hall–Kier alpha value is -2.37. The van der Waals surface area contributed by atoms with Gasteiger partial charge in [-0.25, -0.2) is 13.9 Å². The smallest absolute Gasteiger partial charge is 0.308 e. The van der Waals surface area contributed by atoms with Crippen molar-refractivity contribution in [2.75, 3.05) is 10.6 Å². The van der Waals surface area contributed by atoms with E-state index in [-0.39, 0.29) is 11.0 Å². The summed E-state index contributed by atoms with van der Waals surface area (Å²) in [6.45, 7) is 12.3. The minimum Gasteiger partial charge on any atom is -0.308 e. The zero-order valence-electron chi connectivity index (χ0n) is 15.1. The van der Waals surface area contributed by atoms with Gasteiger partial charge in [-0.05, 0) is 39.0 Å². The van der Waals surface area contributed by atoms with Crippen molar-refractivity contribution in [2.24, 2.45) is 0 Å². The van der Waals surface area contributed by atoms with E-state index >= 15 is 0 Å². The first-order valence-corrected chi connectivity index (χ1v) is 7.91. The summed E-state index contributed by atoms with van der Waals surface area (Å²) in [4.78, 5) is 12.2. The molecule has 2 aromatic rings. The predicted octanol–water partition coefficient (Wildman–Crippen LogP) is 4.72. The molecule has 2 N–H and O–H groups in total. The van der Waals surface area contributed by atoms with Gasteiger partial charge in [-0.2, -0.15) is 5.10 Å². The molecule has 6 heteroatoms. The third-order valence-corrected chi connectivity index (χ3v) is 3.44. The zero-order chi connectivity index (χ0) is 18.1. The van der Waals surface area contributed by atoms with Crippen molar-refractivity contribution < 1.29 is 9.18 Å². The van der Waals surface area contributed by atoms with Gasteiger partial charge in [-0.15, -0.1) is 0 Å². The Kier molecular flexibility index (Phi) is 4.69. The maximum Gasteiger partial charge on any atom is 0.324 e. The molecule has 5 nitrogen and oxygen atoms in total. The molecule has 1 aromatic heterocycles. The first kappa shape index (κ1) is 18.0. The lowest BCUT2D eigenvalue weighted by Gasteiger charge is -2.23. The highest BCUT2D eigenvalue weighted by molar-refractivity contribution is 5.99. The fourth-order valence-electron chi connectivity index (χ4n) is 2.19. The average molecular weight is 332 g/mol. The number of nitrogens with one attached hydrogen (secondary N) is 2. The number of benzene rings is 1. The highest BCUT2D eigenvalue weighted by Crippen LogP contribution is 2.28. The third kappa shape index (κ3) is 4.34. The number of carbonyl (C=O) groups is 1. The van der Waals surface area contributed by atoms with Crippen molar-refractivity contribution in [3.63, 3.8) is 0 Å². The number of amides is 2. The summed E-state index contributed by atoms with van der Waals surface area (Å²) >= 11 is 0. The molecular weight excluding hydrogens is 307 g/mol. The van der Waals surface area contributed by atoms with Crippen molar-refractivity contribution in [2.45, 2.75) is 52.5 Å². The van der Waals surface area contributed by atoms with Crippen LogP contribution in [0.25, 0.3) is 0 Å². The van der Waals surface area contributed by atoms with E-state index in [0.29, 0.717) is 11.5 Å². The van der Waals surface area contributed by atoms with E-state index < -0.39 is 11.8 Å². The summed E-state index contributed by atoms with van der Waals surface area (Å²) in [6.07, 6.45) is 0. The van der Waals surface area contributed by atoms with E-state index in [4.69, 9.17) is 0 Å². The number of hydrogen-bond donors (Lipinski definition) is 2. The largest absolute Gasteiger partial charge is 0.324 e. The normalized spacial score (nSPS) is 12.1. The van der Waals surface area contributed by atoms with Gasteiger partial charge >= 0.3 is 6.03 Å². The minimum atomic E-state index is -0.438. The third-order valence-electron chi connectivity index (χ3n) is 3.44. The first-order chi connectivity index (χ1) is 11.0. The van der Waals surface area contributed by atoms with Gasteiger partial charge in [0, 0.05) is 17.2 Å². The summed E-state index contributed by atoms with van der Waals surface area (Å²) in [7, 11) is 0. The quantitative estimate of drug-likeness (QED) is 0.836. The van der Waals surface area contributed by atoms with Gasteiger partial charge < -0.3 is 5.32 Å². The summed E-state index contributed by atoms with van der Waals surface area (Å²) in [6, 6.07) is 7.20. The van der Waals surface area contributed by atoms with Crippen LogP contribution in [0.5, 0.6) is 0 Å². The fourth-order valence-corrected chi connectivity index (χ4v) is 2.19. The second-order valence-corrected chi connectivity index (χ2v) is 7.84. The highest BCUT2D eigenvalue weighted by atomic mass is 19.1. The average Bonchev–Trinajstić information content (AvgIpc) is 2.82. The minimum absolute atomic E-state index is 0.133. The molecule has 0 fully saturated rings. The summed E-state index contributed by atoms with van der Waals surface area (Å²) < 4.78 is 15.0. The van der Waals surface area contributed by atoms with Gasteiger partial charge in [-0.1, -0.05) is 26.8 Å². The van der Waals surface area contributed by atoms with E-state index in [9.17, 15) is 9.18 Å². The van der Waals surface area contributed by atoms with E-state index in [0.717, 1.165) is 5.69 Å². The SMILES string of the molecule is CC(C)(C)c1cc(NC(=O)Nc2cccc(F)c2)n(C(C)(C)C)n1. The van der Waals surface area contributed by atoms with Crippen LogP contribution in [0.2, 0.25) is 0 Å². The lowest BCUT2D eigenvalue weighted by Crippen LogP contribution is -2.28. The number of carbonyl (C=O) groups excluding carboxylic acids is 1. The Bertz CT molecular complexity index is 738. The van der Waals surface area contributed by atoms with E-state index in [2.05, 4.69) is 36.5 Å². The van der Waals surface area contributed by atoms with Crippen molar-refractivity contribution in [3.05, 3.63) is 41.8 Å². The first-order valence-electron chi connectivity index (χ1n) is 7.91. The highest BCUT2D eigenvalue weighted by Gasteiger charge is 2.25. The number of halogens is 1. The Morgan fingerprint density at radius 2 is 1.75 bits per heavy atom. The Morgan fingerprint density at radius 1 is 1.08 bits per heavy atom. The number of rotatable bonds is 2. The van der Waals surface area contributed by atoms with Gasteiger partial charge in [0.05, 0.1) is 11.2 Å². The second-order valence-electron chi connectivity index (χ2n) is 7.84. The number of anilines is 2. The molecule has 130 valence electrons. The fraction of sp³-hybridized carbons (Fsp3) is 0.444. The van der Waals surface area contributed by atoms with E-state index in [1.165, 1.54) is 12.1 Å².